The molecule has 9 heteroatoms. The zero-order chi connectivity index (χ0) is 20.7. The molecule has 29 heavy (non-hydrogen) atoms. The van der Waals surface area contributed by atoms with Gasteiger partial charge in [0.05, 0.1) is 16.5 Å². The summed E-state index contributed by atoms with van der Waals surface area (Å²) in [5, 5.41) is 11.0. The molecule has 0 spiro atoms. The molecule has 0 N–H and O–H groups in total. The molecule has 2 aliphatic rings. The van der Waals surface area contributed by atoms with Gasteiger partial charge in [0.15, 0.2) is 0 Å². The van der Waals surface area contributed by atoms with Crippen molar-refractivity contribution in [2.24, 2.45) is 5.92 Å². The zero-order valence-electron chi connectivity index (χ0n) is 15.3. The van der Waals surface area contributed by atoms with E-state index in [1.165, 1.54) is 28.0 Å². The third-order valence-corrected chi connectivity index (χ3v) is 5.34. The van der Waals surface area contributed by atoms with E-state index in [1.54, 1.807) is 6.07 Å². The Morgan fingerprint density at radius 1 is 1.17 bits per heavy atom. The van der Waals surface area contributed by atoms with Crippen molar-refractivity contribution in [1.29, 1.82) is 0 Å². The minimum Gasteiger partial charge on any atom is -0.312 e. The predicted octanol–water partition coefficient (Wildman–Crippen LogP) is 3.21. The average molecular weight is 401 g/mol. The second-order valence-electron chi connectivity index (χ2n) is 7.16. The predicted molar refractivity (Wildman–Crippen MR) is 101 cm³/mol. The van der Waals surface area contributed by atoms with Crippen LogP contribution < -0.4 is 9.80 Å². The zero-order valence-corrected chi connectivity index (χ0v) is 15.3. The summed E-state index contributed by atoms with van der Waals surface area (Å²) in [6, 6.07) is 7.54. The lowest BCUT2D eigenvalue weighted by atomic mass is 9.99. The summed E-state index contributed by atoms with van der Waals surface area (Å²) in [4.78, 5) is 38.4. The molecule has 1 unspecified atom stereocenters. The quantitative estimate of drug-likeness (QED) is 0.584. The number of nitrogens with zero attached hydrogens (tertiary/aromatic N) is 3. The van der Waals surface area contributed by atoms with Crippen molar-refractivity contribution in [3.8, 4) is 0 Å². The van der Waals surface area contributed by atoms with Gasteiger partial charge in [-0.25, -0.2) is 4.39 Å². The Morgan fingerprint density at radius 3 is 2.72 bits per heavy atom. The molecule has 2 aromatic carbocycles. The Kier molecular flexibility index (Phi) is 4.73. The van der Waals surface area contributed by atoms with Gasteiger partial charge >= 0.3 is 5.69 Å². The molecule has 1 fully saturated rings. The first-order chi connectivity index (χ1) is 13.8. The Bertz CT molecular complexity index is 1030. The van der Waals surface area contributed by atoms with Crippen LogP contribution in [0.4, 0.5) is 25.8 Å². The van der Waals surface area contributed by atoms with Crippen LogP contribution in [0, 0.1) is 27.7 Å². The van der Waals surface area contributed by atoms with E-state index in [-0.39, 0.29) is 30.5 Å². The lowest BCUT2D eigenvalue weighted by Crippen LogP contribution is -2.40. The van der Waals surface area contributed by atoms with Gasteiger partial charge in [0.1, 0.15) is 5.82 Å². The van der Waals surface area contributed by atoms with Crippen LogP contribution >= 0.6 is 0 Å². The van der Waals surface area contributed by atoms with Crippen LogP contribution in [0.2, 0.25) is 0 Å². The second kappa shape index (κ2) is 7.23. The van der Waals surface area contributed by atoms with Gasteiger partial charge in [-0.15, -0.1) is 0 Å². The van der Waals surface area contributed by atoms with E-state index in [9.17, 15) is 28.5 Å². The number of rotatable bonds is 3. The van der Waals surface area contributed by atoms with Crippen molar-refractivity contribution in [2.75, 3.05) is 22.9 Å². The lowest BCUT2D eigenvalue weighted by Gasteiger charge is -2.31. The highest BCUT2D eigenvalue weighted by atomic mass is 19.1. The molecule has 0 aliphatic carbocycles. The number of hydrogen-bond acceptors (Lipinski definition) is 4. The van der Waals surface area contributed by atoms with Gasteiger partial charge in [-0.3, -0.25) is 19.7 Å². The molecule has 2 amide bonds. The van der Waals surface area contributed by atoms with Crippen LogP contribution in [0.15, 0.2) is 36.4 Å². The second-order valence-corrected chi connectivity index (χ2v) is 7.16. The summed E-state index contributed by atoms with van der Waals surface area (Å²) in [5.74, 6) is -2.76. The first-order valence-corrected chi connectivity index (χ1v) is 9.19. The van der Waals surface area contributed by atoms with Crippen LogP contribution in [0.5, 0.6) is 0 Å². The van der Waals surface area contributed by atoms with Crippen LogP contribution in [-0.4, -0.2) is 29.8 Å². The molecular weight excluding hydrogens is 384 g/mol. The largest absolute Gasteiger partial charge is 0.312 e. The molecule has 2 heterocycles. The number of halogens is 2. The van der Waals surface area contributed by atoms with Crippen molar-refractivity contribution in [3.63, 3.8) is 0 Å². The SMILES string of the molecule is O=C1CC(C(=O)N2CCCc3ccc(F)cc32)CN1c1ccc(F)c([N+](=O)[O-])c1. The van der Waals surface area contributed by atoms with Crippen LogP contribution in [-0.2, 0) is 16.0 Å². The van der Waals surface area contributed by atoms with Crippen LogP contribution in [0.1, 0.15) is 18.4 Å². The van der Waals surface area contributed by atoms with Crippen LogP contribution in [0.25, 0.3) is 0 Å². The Hall–Kier alpha value is -3.36. The van der Waals surface area contributed by atoms with E-state index in [2.05, 4.69) is 0 Å². The molecule has 4 rings (SSSR count). The first kappa shape index (κ1) is 19.0. The molecule has 0 aromatic heterocycles. The fourth-order valence-corrected chi connectivity index (χ4v) is 3.93. The Labute approximate surface area is 164 Å². The van der Waals surface area contributed by atoms with Gasteiger partial charge in [0.25, 0.3) is 0 Å². The third-order valence-electron chi connectivity index (χ3n) is 5.34. The molecule has 1 saturated heterocycles. The number of amides is 2. The minimum absolute atomic E-state index is 0.0294. The molecule has 7 nitrogen and oxygen atoms in total. The third kappa shape index (κ3) is 3.43. The van der Waals surface area contributed by atoms with Gasteiger partial charge in [-0.1, -0.05) is 6.07 Å². The van der Waals surface area contributed by atoms with Crippen molar-refractivity contribution in [1.82, 2.24) is 0 Å². The Balaban J connectivity index is 1.58. The molecule has 150 valence electrons. The number of aryl methyl sites for hydroxylation is 1. The number of anilines is 2. The van der Waals surface area contributed by atoms with E-state index >= 15 is 0 Å². The smallest absolute Gasteiger partial charge is 0.306 e. The van der Waals surface area contributed by atoms with Crippen LogP contribution in [0.3, 0.4) is 0 Å². The average Bonchev–Trinajstić information content (AvgIpc) is 3.08. The highest BCUT2D eigenvalue weighted by Crippen LogP contribution is 2.33. The Morgan fingerprint density at radius 2 is 1.97 bits per heavy atom. The maximum atomic E-state index is 13.7. The standard InChI is InChI=1S/C20H17F2N3O4/c21-14-4-3-12-2-1-7-23(17(12)9-14)20(27)13-8-19(26)24(11-13)15-5-6-16(22)18(10-15)25(28)29/h3-6,9-10,13H,1-2,7-8,11H2. The van der Waals surface area contributed by atoms with E-state index < -0.39 is 28.2 Å². The van der Waals surface area contributed by atoms with Gasteiger partial charge < -0.3 is 9.80 Å². The van der Waals surface area contributed by atoms with Crippen molar-refractivity contribution >= 4 is 28.9 Å². The van der Waals surface area contributed by atoms with Crippen molar-refractivity contribution in [3.05, 3.63) is 63.7 Å². The maximum absolute atomic E-state index is 13.7. The molecule has 2 aliphatic heterocycles. The van der Waals surface area contributed by atoms with Gasteiger partial charge in [0.2, 0.25) is 17.6 Å². The highest BCUT2D eigenvalue weighted by molar-refractivity contribution is 6.05. The minimum atomic E-state index is -0.995. The summed E-state index contributed by atoms with van der Waals surface area (Å²) >= 11 is 0. The highest BCUT2D eigenvalue weighted by Gasteiger charge is 2.39. The molecule has 1 atom stereocenters. The number of benzene rings is 2. The monoisotopic (exact) mass is 401 g/mol. The molecule has 2 aromatic rings. The van der Waals surface area contributed by atoms with Gasteiger partial charge in [0, 0.05) is 31.3 Å². The van der Waals surface area contributed by atoms with E-state index in [1.807, 2.05) is 0 Å². The number of nitro groups is 1. The maximum Gasteiger partial charge on any atom is 0.306 e. The number of carbonyl (C=O) groups is 2. The first-order valence-electron chi connectivity index (χ1n) is 9.19. The molecule has 0 radical (unpaired) electrons. The summed E-state index contributed by atoms with van der Waals surface area (Å²) < 4.78 is 27.3. The van der Waals surface area contributed by atoms with Gasteiger partial charge in [-0.2, -0.15) is 4.39 Å². The summed E-state index contributed by atoms with van der Waals surface area (Å²) in [7, 11) is 0. The molecule has 0 bridgehead atoms. The normalized spacial score (nSPS) is 18.7. The topological polar surface area (TPSA) is 83.8 Å². The van der Waals surface area contributed by atoms with E-state index in [0.29, 0.717) is 12.2 Å². The van der Waals surface area contributed by atoms with E-state index in [0.717, 1.165) is 30.5 Å². The fourth-order valence-electron chi connectivity index (χ4n) is 3.93. The van der Waals surface area contributed by atoms with Gasteiger partial charge in [-0.05, 0) is 42.7 Å². The molecular formula is C20H17F2N3O4. The lowest BCUT2D eigenvalue weighted by molar-refractivity contribution is -0.387. The summed E-state index contributed by atoms with van der Waals surface area (Å²) in [5.41, 5.74) is 0.833. The number of nitro benzene ring substituents is 1. The number of fused-ring (bicyclic) bond motifs is 1. The van der Waals surface area contributed by atoms with Crippen molar-refractivity contribution in [2.45, 2.75) is 19.3 Å². The van der Waals surface area contributed by atoms with E-state index in [4.69, 9.17) is 0 Å². The summed E-state index contributed by atoms with van der Waals surface area (Å²) in [6.07, 6.45) is 1.42. The molecule has 0 saturated carbocycles. The fraction of sp³-hybridized carbons (Fsp3) is 0.300. The number of hydrogen-bond donors (Lipinski definition) is 0. The number of carbonyl (C=O) groups excluding carboxylic acids is 2. The van der Waals surface area contributed by atoms with Crippen molar-refractivity contribution < 1.29 is 23.3 Å². The summed E-state index contributed by atoms with van der Waals surface area (Å²) in [6.45, 7) is 0.462.